The van der Waals surface area contributed by atoms with Crippen LogP contribution in [0.3, 0.4) is 0 Å². The highest BCUT2D eigenvalue weighted by atomic mass is 79.9. The van der Waals surface area contributed by atoms with Crippen molar-refractivity contribution in [1.29, 1.82) is 0 Å². The number of hydrogen-bond donors (Lipinski definition) is 0. The summed E-state index contributed by atoms with van der Waals surface area (Å²) in [6.45, 7) is 2.45. The topological polar surface area (TPSA) is 57.0 Å². The highest BCUT2D eigenvalue weighted by Gasteiger charge is 2.22. The highest BCUT2D eigenvalue weighted by Crippen LogP contribution is 2.29. The predicted octanol–water partition coefficient (Wildman–Crippen LogP) is 4.84. The van der Waals surface area contributed by atoms with Gasteiger partial charge in [0.05, 0.1) is 17.2 Å². The molecule has 0 fully saturated rings. The van der Waals surface area contributed by atoms with E-state index >= 15 is 0 Å². The Balaban J connectivity index is 2.11. The summed E-state index contributed by atoms with van der Waals surface area (Å²) >= 11 is 9.68. The SMILES string of the molecule is CCCOc1nc(-c2ccccc2Cl)n(C(=O)c2ccccc2Br)n1. The minimum atomic E-state index is -0.318. The number of ether oxygens (including phenoxy) is 1. The molecule has 1 heterocycles. The summed E-state index contributed by atoms with van der Waals surface area (Å²) in [5.74, 6) is 0.0266. The van der Waals surface area contributed by atoms with Gasteiger partial charge in [0.15, 0.2) is 5.82 Å². The monoisotopic (exact) mass is 419 g/mol. The van der Waals surface area contributed by atoms with Crippen LogP contribution in [0.1, 0.15) is 23.7 Å². The fourth-order valence-corrected chi connectivity index (χ4v) is 2.93. The maximum atomic E-state index is 13.0. The average molecular weight is 421 g/mol. The molecule has 0 N–H and O–H groups in total. The Bertz CT molecular complexity index is 911. The molecule has 128 valence electrons. The highest BCUT2D eigenvalue weighted by molar-refractivity contribution is 9.10. The number of carbonyl (C=O) groups excluding carboxylic acids is 1. The molecule has 0 saturated heterocycles. The molecule has 0 aliphatic carbocycles. The van der Waals surface area contributed by atoms with E-state index in [1.165, 1.54) is 4.68 Å². The first-order chi connectivity index (χ1) is 12.1. The quantitative estimate of drug-likeness (QED) is 0.593. The fraction of sp³-hybridized carbons (Fsp3) is 0.167. The number of hydrogen-bond acceptors (Lipinski definition) is 4. The smallest absolute Gasteiger partial charge is 0.336 e. The Kier molecular flexibility index (Phi) is 5.50. The number of carbonyl (C=O) groups is 1. The third-order valence-corrected chi connectivity index (χ3v) is 4.46. The Morgan fingerprint density at radius 3 is 2.64 bits per heavy atom. The molecule has 0 amide bonds. The molecule has 0 atom stereocenters. The van der Waals surface area contributed by atoms with Gasteiger partial charge in [-0.3, -0.25) is 4.79 Å². The minimum absolute atomic E-state index is 0.150. The summed E-state index contributed by atoms with van der Waals surface area (Å²) in [6, 6.07) is 14.5. The van der Waals surface area contributed by atoms with Crippen LogP contribution in [0.15, 0.2) is 53.0 Å². The first kappa shape index (κ1) is 17.6. The van der Waals surface area contributed by atoms with Crippen LogP contribution in [0, 0.1) is 0 Å². The molecule has 25 heavy (non-hydrogen) atoms. The van der Waals surface area contributed by atoms with Crippen LogP contribution < -0.4 is 4.74 Å². The van der Waals surface area contributed by atoms with Crippen molar-refractivity contribution >= 4 is 33.4 Å². The number of nitrogens with zero attached hydrogens (tertiary/aromatic N) is 3. The Labute approximate surface area is 158 Å². The fourth-order valence-electron chi connectivity index (χ4n) is 2.25. The van der Waals surface area contributed by atoms with Gasteiger partial charge in [0.25, 0.3) is 5.91 Å². The molecule has 5 nitrogen and oxygen atoms in total. The molecule has 0 aliphatic rings. The number of benzene rings is 2. The van der Waals surface area contributed by atoms with Crippen molar-refractivity contribution in [2.45, 2.75) is 13.3 Å². The van der Waals surface area contributed by atoms with E-state index in [1.807, 2.05) is 25.1 Å². The van der Waals surface area contributed by atoms with Gasteiger partial charge in [0, 0.05) is 10.0 Å². The van der Waals surface area contributed by atoms with Crippen LogP contribution in [-0.4, -0.2) is 27.3 Å². The summed E-state index contributed by atoms with van der Waals surface area (Å²) in [5.41, 5.74) is 1.09. The minimum Gasteiger partial charge on any atom is -0.462 e. The Morgan fingerprint density at radius 2 is 1.92 bits per heavy atom. The van der Waals surface area contributed by atoms with Gasteiger partial charge < -0.3 is 4.74 Å². The second-order valence-electron chi connectivity index (χ2n) is 5.24. The molecule has 0 unspecified atom stereocenters. The van der Waals surface area contributed by atoms with Crippen LogP contribution in [0.25, 0.3) is 11.4 Å². The summed E-state index contributed by atoms with van der Waals surface area (Å²) in [4.78, 5) is 17.4. The van der Waals surface area contributed by atoms with Gasteiger partial charge in [-0.15, -0.1) is 5.10 Å². The number of rotatable bonds is 5. The van der Waals surface area contributed by atoms with Gasteiger partial charge >= 0.3 is 6.01 Å². The van der Waals surface area contributed by atoms with E-state index < -0.39 is 0 Å². The van der Waals surface area contributed by atoms with Crippen LogP contribution in [0.5, 0.6) is 6.01 Å². The van der Waals surface area contributed by atoms with Crippen LogP contribution in [0.2, 0.25) is 5.02 Å². The molecule has 7 heteroatoms. The molecule has 3 aromatic rings. The van der Waals surface area contributed by atoms with E-state index in [2.05, 4.69) is 26.0 Å². The summed E-state index contributed by atoms with van der Waals surface area (Å²) < 4.78 is 7.41. The molecule has 0 bridgehead atoms. The normalized spacial score (nSPS) is 10.7. The summed E-state index contributed by atoms with van der Waals surface area (Å²) in [6.07, 6.45) is 0.814. The van der Waals surface area contributed by atoms with E-state index in [4.69, 9.17) is 16.3 Å². The maximum Gasteiger partial charge on any atom is 0.336 e. The van der Waals surface area contributed by atoms with Crippen molar-refractivity contribution < 1.29 is 9.53 Å². The molecule has 0 saturated carbocycles. The van der Waals surface area contributed by atoms with E-state index in [1.54, 1.807) is 30.3 Å². The van der Waals surface area contributed by atoms with E-state index in [0.29, 0.717) is 33.1 Å². The van der Waals surface area contributed by atoms with Crippen molar-refractivity contribution in [1.82, 2.24) is 14.8 Å². The van der Waals surface area contributed by atoms with Crippen molar-refractivity contribution in [3.63, 3.8) is 0 Å². The van der Waals surface area contributed by atoms with Gasteiger partial charge in [0.2, 0.25) is 0 Å². The van der Waals surface area contributed by atoms with Gasteiger partial charge in [-0.05, 0) is 46.6 Å². The summed E-state index contributed by atoms with van der Waals surface area (Å²) in [5, 5.41) is 4.72. The third-order valence-electron chi connectivity index (χ3n) is 3.43. The molecular formula is C18H15BrClN3O2. The van der Waals surface area contributed by atoms with Crippen LogP contribution >= 0.6 is 27.5 Å². The second kappa shape index (κ2) is 7.80. The van der Waals surface area contributed by atoms with Gasteiger partial charge in [-0.2, -0.15) is 9.67 Å². The molecular weight excluding hydrogens is 406 g/mol. The van der Waals surface area contributed by atoms with Crippen LogP contribution in [-0.2, 0) is 0 Å². The van der Waals surface area contributed by atoms with Gasteiger partial charge in [-0.1, -0.05) is 42.8 Å². The zero-order chi connectivity index (χ0) is 17.8. The lowest BCUT2D eigenvalue weighted by atomic mass is 10.2. The van der Waals surface area contributed by atoms with Crippen molar-refractivity contribution in [2.75, 3.05) is 6.61 Å². The number of aromatic nitrogens is 3. The van der Waals surface area contributed by atoms with E-state index in [-0.39, 0.29) is 11.9 Å². The maximum absolute atomic E-state index is 13.0. The molecule has 2 aromatic carbocycles. The lowest BCUT2D eigenvalue weighted by Crippen LogP contribution is -2.16. The van der Waals surface area contributed by atoms with Crippen molar-refractivity contribution in [3.8, 4) is 17.4 Å². The molecule has 1 aromatic heterocycles. The Morgan fingerprint density at radius 1 is 1.20 bits per heavy atom. The molecule has 0 aliphatic heterocycles. The zero-order valence-electron chi connectivity index (χ0n) is 13.4. The van der Waals surface area contributed by atoms with E-state index in [0.717, 1.165) is 6.42 Å². The van der Waals surface area contributed by atoms with Crippen molar-refractivity contribution in [2.24, 2.45) is 0 Å². The van der Waals surface area contributed by atoms with Gasteiger partial charge in [0.1, 0.15) is 0 Å². The van der Waals surface area contributed by atoms with Gasteiger partial charge in [-0.25, -0.2) is 0 Å². The zero-order valence-corrected chi connectivity index (χ0v) is 15.8. The Hall–Kier alpha value is -2.18. The van der Waals surface area contributed by atoms with E-state index in [9.17, 15) is 4.79 Å². The lowest BCUT2D eigenvalue weighted by Gasteiger charge is -2.07. The standard InChI is InChI=1S/C18H15BrClN3O2/c1-2-11-25-18-21-16(13-8-4-6-10-15(13)20)23(22-18)17(24)12-7-3-5-9-14(12)19/h3-10H,2,11H2,1H3. The first-order valence-electron chi connectivity index (χ1n) is 7.75. The summed E-state index contributed by atoms with van der Waals surface area (Å²) in [7, 11) is 0. The molecule has 3 rings (SSSR count). The third kappa shape index (κ3) is 3.75. The van der Waals surface area contributed by atoms with Crippen LogP contribution in [0.4, 0.5) is 0 Å². The molecule has 0 spiro atoms. The predicted molar refractivity (Wildman–Crippen MR) is 100 cm³/mol. The first-order valence-corrected chi connectivity index (χ1v) is 8.93. The number of halogens is 2. The average Bonchev–Trinajstić information content (AvgIpc) is 3.04. The largest absolute Gasteiger partial charge is 0.462 e. The second-order valence-corrected chi connectivity index (χ2v) is 6.50. The van der Waals surface area contributed by atoms with Crippen molar-refractivity contribution in [3.05, 3.63) is 63.6 Å². The molecule has 0 radical (unpaired) electrons. The lowest BCUT2D eigenvalue weighted by molar-refractivity contribution is 0.0944.